The smallest absolute Gasteiger partial charge is 0.282 e. The van der Waals surface area contributed by atoms with Crippen LogP contribution in [0.25, 0.3) is 10.8 Å². The number of nitrogens with zero attached hydrogens (tertiary/aromatic N) is 2. The van der Waals surface area contributed by atoms with Gasteiger partial charge in [-0.2, -0.15) is 10.1 Å². The topological polar surface area (TPSA) is 59.0 Å². The molecule has 0 saturated carbocycles. The van der Waals surface area contributed by atoms with Crippen molar-refractivity contribution >= 4 is 44.7 Å². The van der Waals surface area contributed by atoms with Crippen molar-refractivity contribution in [3.8, 4) is 5.75 Å². The molecule has 0 spiro atoms. The Bertz CT molecular complexity index is 1160. The number of halogens is 1. The summed E-state index contributed by atoms with van der Waals surface area (Å²) in [7, 11) is 1.59. The average Bonchev–Trinajstić information content (AvgIpc) is 3.12. The number of methoxy groups -OCH3 is 1. The number of rotatable bonds is 3. The Hall–Kier alpha value is -2.99. The summed E-state index contributed by atoms with van der Waals surface area (Å²) in [6.07, 6.45) is 3.40. The molecule has 3 aromatic rings. The normalized spacial score (nSPS) is 15.1. The second-order valence-electron chi connectivity index (χ2n) is 6.86. The number of amides is 2. The Balaban J connectivity index is 1.57. The molecule has 0 bridgehead atoms. The third kappa shape index (κ3) is 2.41. The van der Waals surface area contributed by atoms with Gasteiger partial charge in [0.05, 0.1) is 28.9 Å². The lowest BCUT2D eigenvalue weighted by Gasteiger charge is -2.23. The Morgan fingerprint density at radius 1 is 0.964 bits per heavy atom. The van der Waals surface area contributed by atoms with Crippen LogP contribution < -0.4 is 4.74 Å². The van der Waals surface area contributed by atoms with Gasteiger partial charge in [0.15, 0.2) is 0 Å². The van der Waals surface area contributed by atoms with Crippen LogP contribution in [0, 0.1) is 0 Å². The lowest BCUT2D eigenvalue weighted by atomic mass is 9.92. The molecular formula is C22H15BrN2O3. The van der Waals surface area contributed by atoms with Crippen LogP contribution in [-0.2, 0) is 12.8 Å². The number of aryl methyl sites for hydroxylation is 2. The molecular weight excluding hydrogens is 420 g/mol. The van der Waals surface area contributed by atoms with Gasteiger partial charge in [0.1, 0.15) is 5.75 Å². The van der Waals surface area contributed by atoms with Crippen molar-refractivity contribution in [1.82, 2.24) is 5.01 Å². The second kappa shape index (κ2) is 6.27. The minimum absolute atomic E-state index is 0.392. The number of hydrogen-bond donors (Lipinski definition) is 0. The minimum Gasteiger partial charge on any atom is -0.496 e. The van der Waals surface area contributed by atoms with E-state index in [4.69, 9.17) is 4.74 Å². The Labute approximate surface area is 169 Å². The van der Waals surface area contributed by atoms with E-state index in [1.54, 1.807) is 13.2 Å². The van der Waals surface area contributed by atoms with Crippen LogP contribution in [0.3, 0.4) is 0 Å². The molecule has 2 aliphatic rings. The van der Waals surface area contributed by atoms with Gasteiger partial charge >= 0.3 is 0 Å². The zero-order chi connectivity index (χ0) is 19.4. The Kier molecular flexibility index (Phi) is 3.84. The average molecular weight is 435 g/mol. The quantitative estimate of drug-likeness (QED) is 0.454. The first-order valence-electron chi connectivity index (χ1n) is 8.92. The number of carbonyl (C=O) groups is 2. The van der Waals surface area contributed by atoms with E-state index in [0.29, 0.717) is 16.9 Å². The first kappa shape index (κ1) is 17.1. The summed E-state index contributed by atoms with van der Waals surface area (Å²) in [5.41, 5.74) is 4.22. The fourth-order valence-corrected chi connectivity index (χ4v) is 4.56. The predicted octanol–water partition coefficient (Wildman–Crippen LogP) is 4.34. The molecule has 0 saturated heterocycles. The maximum absolute atomic E-state index is 13.0. The highest BCUT2D eigenvalue weighted by molar-refractivity contribution is 9.10. The Morgan fingerprint density at radius 2 is 1.61 bits per heavy atom. The van der Waals surface area contributed by atoms with Gasteiger partial charge in [-0.1, -0.05) is 12.1 Å². The highest BCUT2D eigenvalue weighted by Crippen LogP contribution is 2.38. The van der Waals surface area contributed by atoms with Crippen molar-refractivity contribution in [2.45, 2.75) is 12.8 Å². The third-order valence-corrected chi connectivity index (χ3v) is 5.96. The first-order chi connectivity index (χ1) is 13.6. The zero-order valence-corrected chi connectivity index (χ0v) is 16.6. The molecule has 2 amide bonds. The molecule has 5 nitrogen and oxygen atoms in total. The fraction of sp³-hybridized carbons (Fsp3) is 0.136. The highest BCUT2D eigenvalue weighted by Gasteiger charge is 2.35. The number of ether oxygens (including phenoxy) is 1. The van der Waals surface area contributed by atoms with E-state index in [9.17, 15) is 9.59 Å². The van der Waals surface area contributed by atoms with Gasteiger partial charge in [-0.15, -0.1) is 0 Å². The van der Waals surface area contributed by atoms with E-state index >= 15 is 0 Å². The summed E-state index contributed by atoms with van der Waals surface area (Å²) in [4.78, 5) is 26.0. The van der Waals surface area contributed by atoms with Gasteiger partial charge < -0.3 is 4.74 Å². The molecule has 1 aliphatic heterocycles. The van der Waals surface area contributed by atoms with E-state index in [-0.39, 0.29) is 0 Å². The molecule has 0 unspecified atom stereocenters. The summed E-state index contributed by atoms with van der Waals surface area (Å²) in [6.45, 7) is 0. The molecule has 0 N–H and O–H groups in total. The predicted molar refractivity (Wildman–Crippen MR) is 110 cm³/mol. The summed E-state index contributed by atoms with van der Waals surface area (Å²) in [5, 5.41) is 7.00. The number of benzene rings is 3. The summed E-state index contributed by atoms with van der Waals surface area (Å²) in [6, 6.07) is 13.0. The van der Waals surface area contributed by atoms with Gasteiger partial charge in [-0.05, 0) is 81.2 Å². The van der Waals surface area contributed by atoms with Crippen LogP contribution in [0.5, 0.6) is 5.75 Å². The maximum Gasteiger partial charge on any atom is 0.282 e. The highest BCUT2D eigenvalue weighted by atomic mass is 79.9. The SMILES string of the molecule is COc1ccc(/C=N\N2C(=O)c3ccc4c5c(ccc(c35)C2=O)CC4)cc1Br. The van der Waals surface area contributed by atoms with E-state index in [1.165, 1.54) is 17.3 Å². The van der Waals surface area contributed by atoms with Crippen molar-refractivity contribution in [2.24, 2.45) is 5.10 Å². The van der Waals surface area contributed by atoms with Crippen LogP contribution in [0.4, 0.5) is 0 Å². The first-order valence-corrected chi connectivity index (χ1v) is 9.71. The zero-order valence-electron chi connectivity index (χ0n) is 15.0. The Morgan fingerprint density at radius 3 is 2.18 bits per heavy atom. The molecule has 0 atom stereocenters. The fourth-order valence-electron chi connectivity index (χ4n) is 4.00. The van der Waals surface area contributed by atoms with Crippen molar-refractivity contribution in [1.29, 1.82) is 0 Å². The molecule has 5 rings (SSSR count). The molecule has 0 radical (unpaired) electrons. The monoisotopic (exact) mass is 434 g/mol. The van der Waals surface area contributed by atoms with E-state index in [1.807, 2.05) is 36.4 Å². The van der Waals surface area contributed by atoms with Crippen molar-refractivity contribution in [3.05, 3.63) is 74.8 Å². The molecule has 1 heterocycles. The van der Waals surface area contributed by atoms with Gasteiger partial charge in [0, 0.05) is 5.39 Å². The molecule has 138 valence electrons. The maximum atomic E-state index is 13.0. The van der Waals surface area contributed by atoms with E-state index in [0.717, 1.165) is 38.7 Å². The number of hydrazone groups is 1. The molecule has 1 aliphatic carbocycles. The van der Waals surface area contributed by atoms with Crippen LogP contribution in [0.2, 0.25) is 0 Å². The molecule has 28 heavy (non-hydrogen) atoms. The lowest BCUT2D eigenvalue weighted by molar-refractivity contribution is 0.0616. The van der Waals surface area contributed by atoms with Crippen LogP contribution in [0.1, 0.15) is 37.4 Å². The number of carbonyl (C=O) groups excluding carboxylic acids is 2. The van der Waals surface area contributed by atoms with Crippen molar-refractivity contribution < 1.29 is 14.3 Å². The summed E-state index contributed by atoms with van der Waals surface area (Å²) >= 11 is 3.42. The summed E-state index contributed by atoms with van der Waals surface area (Å²) < 4.78 is 5.98. The summed E-state index contributed by atoms with van der Waals surface area (Å²) in [5.74, 6) is -0.0890. The van der Waals surface area contributed by atoms with Crippen LogP contribution in [0.15, 0.2) is 52.0 Å². The van der Waals surface area contributed by atoms with Gasteiger partial charge in [0.25, 0.3) is 11.8 Å². The van der Waals surface area contributed by atoms with Gasteiger partial charge in [-0.25, -0.2) is 0 Å². The largest absolute Gasteiger partial charge is 0.496 e. The standard InChI is InChI=1S/C22H15BrN2O3/c1-28-18-9-2-12(10-17(18)23)11-24-25-21(26)15-7-5-13-3-4-14-6-8-16(22(25)27)20(15)19(13)14/h2,5-11H,3-4H2,1H3/b24-11-. The van der Waals surface area contributed by atoms with E-state index in [2.05, 4.69) is 21.0 Å². The van der Waals surface area contributed by atoms with Crippen molar-refractivity contribution in [2.75, 3.05) is 7.11 Å². The minimum atomic E-state index is -0.392. The lowest BCUT2D eigenvalue weighted by Crippen LogP contribution is -2.36. The van der Waals surface area contributed by atoms with E-state index < -0.39 is 11.8 Å². The molecule has 3 aromatic carbocycles. The third-order valence-electron chi connectivity index (χ3n) is 5.34. The molecule has 0 fully saturated rings. The number of imide groups is 1. The van der Waals surface area contributed by atoms with Crippen molar-refractivity contribution in [3.63, 3.8) is 0 Å². The number of hydrogen-bond acceptors (Lipinski definition) is 4. The second-order valence-corrected chi connectivity index (χ2v) is 7.71. The van der Waals surface area contributed by atoms with Gasteiger partial charge in [-0.3, -0.25) is 9.59 Å². The van der Waals surface area contributed by atoms with Gasteiger partial charge in [0.2, 0.25) is 0 Å². The van der Waals surface area contributed by atoms with Crippen LogP contribution >= 0.6 is 15.9 Å². The van der Waals surface area contributed by atoms with Crippen LogP contribution in [-0.4, -0.2) is 30.1 Å². The molecule has 6 heteroatoms. The molecule has 0 aromatic heterocycles.